The Morgan fingerprint density at radius 3 is 2.74 bits per heavy atom. The normalized spacial score (nSPS) is 25.2. The minimum Gasteiger partial charge on any atom is -0.367 e. The van der Waals surface area contributed by atoms with Gasteiger partial charge in [0.2, 0.25) is 0 Å². The first-order valence-electron chi connectivity index (χ1n) is 12.5. The minimum atomic E-state index is -0.0682. The standard InChI is InChI=1S/C28H34N6O/c1-6-10-31-11-12-32(17-21(31)4)24-13-19(2)26-9-7-8-23(14-28(35)33(26)18-24)25-15-27-22(5)29-20(3)16-34(27)30-25/h7-9,13-16,18,21H,6,10-12,17H2,1-5H3/b8-7+,23-14+,26-9+/t21-/m1/s1. The molecule has 1 fully saturated rings. The zero-order valence-electron chi connectivity index (χ0n) is 21.3. The second kappa shape index (κ2) is 9.30. The van der Waals surface area contributed by atoms with E-state index >= 15 is 0 Å². The van der Waals surface area contributed by atoms with Gasteiger partial charge in [-0.15, -0.1) is 0 Å². The second-order valence-electron chi connectivity index (χ2n) is 9.76. The molecule has 5 heterocycles. The molecule has 0 radical (unpaired) electrons. The van der Waals surface area contributed by atoms with Crippen LogP contribution in [-0.4, -0.2) is 67.4 Å². The maximum absolute atomic E-state index is 13.5. The van der Waals surface area contributed by atoms with Crippen LogP contribution in [0.3, 0.4) is 0 Å². The molecule has 0 N–H and O–H groups in total. The van der Waals surface area contributed by atoms with Gasteiger partial charge >= 0.3 is 0 Å². The number of aromatic nitrogens is 3. The number of rotatable bonds is 4. The highest BCUT2D eigenvalue weighted by molar-refractivity contribution is 5.99. The highest BCUT2D eigenvalue weighted by Gasteiger charge is 2.28. The van der Waals surface area contributed by atoms with E-state index in [4.69, 9.17) is 5.10 Å². The third kappa shape index (κ3) is 4.48. The molecule has 0 bridgehead atoms. The van der Waals surface area contributed by atoms with E-state index in [1.807, 2.05) is 55.1 Å². The van der Waals surface area contributed by atoms with Gasteiger partial charge < -0.3 is 4.90 Å². The van der Waals surface area contributed by atoms with E-state index in [1.165, 1.54) is 6.42 Å². The van der Waals surface area contributed by atoms with Crippen molar-refractivity contribution < 1.29 is 4.79 Å². The van der Waals surface area contributed by atoms with Gasteiger partial charge in [0.05, 0.1) is 40.2 Å². The molecule has 35 heavy (non-hydrogen) atoms. The summed E-state index contributed by atoms with van der Waals surface area (Å²) in [5.74, 6) is -0.0682. The van der Waals surface area contributed by atoms with Crippen LogP contribution >= 0.6 is 0 Å². The topological polar surface area (TPSA) is 57.0 Å². The Morgan fingerprint density at radius 1 is 1.14 bits per heavy atom. The number of amides is 1. The lowest BCUT2D eigenvalue weighted by Crippen LogP contribution is -2.51. The van der Waals surface area contributed by atoms with Gasteiger partial charge in [0.1, 0.15) is 0 Å². The van der Waals surface area contributed by atoms with Gasteiger partial charge in [-0.3, -0.25) is 19.6 Å². The number of piperazine rings is 1. The molecule has 0 aromatic carbocycles. The number of hydrogen-bond acceptors (Lipinski definition) is 5. The van der Waals surface area contributed by atoms with Gasteiger partial charge in [0.25, 0.3) is 5.91 Å². The van der Waals surface area contributed by atoms with Gasteiger partial charge in [-0.25, -0.2) is 4.52 Å². The first-order valence-corrected chi connectivity index (χ1v) is 12.5. The van der Waals surface area contributed by atoms with Crippen molar-refractivity contribution in [2.75, 3.05) is 26.2 Å². The van der Waals surface area contributed by atoms with Crippen molar-refractivity contribution in [3.8, 4) is 0 Å². The molecular formula is C28H34N6O. The predicted octanol–water partition coefficient (Wildman–Crippen LogP) is 4.23. The summed E-state index contributed by atoms with van der Waals surface area (Å²) in [7, 11) is 0. The summed E-state index contributed by atoms with van der Waals surface area (Å²) in [4.78, 5) is 24.8. The van der Waals surface area contributed by atoms with Crippen LogP contribution in [0.15, 0.2) is 65.8 Å². The van der Waals surface area contributed by atoms with Gasteiger partial charge in [-0.2, -0.15) is 5.10 Å². The number of hydrogen-bond donors (Lipinski definition) is 0. The second-order valence-corrected chi connectivity index (χ2v) is 9.76. The van der Waals surface area contributed by atoms with Crippen molar-refractivity contribution in [1.29, 1.82) is 0 Å². The maximum atomic E-state index is 13.5. The van der Waals surface area contributed by atoms with Crippen molar-refractivity contribution in [3.05, 3.63) is 82.9 Å². The Hall–Kier alpha value is -3.45. The minimum absolute atomic E-state index is 0.0682. The molecule has 7 nitrogen and oxygen atoms in total. The molecule has 1 amide bonds. The summed E-state index contributed by atoms with van der Waals surface area (Å²) in [5, 5.41) is 4.73. The molecule has 0 saturated carbocycles. The zero-order chi connectivity index (χ0) is 24.7. The molecule has 182 valence electrons. The van der Waals surface area contributed by atoms with E-state index in [0.29, 0.717) is 6.04 Å². The summed E-state index contributed by atoms with van der Waals surface area (Å²) in [6.07, 6.45) is 15.0. The van der Waals surface area contributed by atoms with Gasteiger partial charge in [0.15, 0.2) is 0 Å². The van der Waals surface area contributed by atoms with Crippen LogP contribution in [0.25, 0.3) is 11.1 Å². The zero-order valence-corrected chi connectivity index (χ0v) is 21.3. The Kier molecular flexibility index (Phi) is 6.19. The van der Waals surface area contributed by atoms with E-state index in [1.54, 1.807) is 11.0 Å². The van der Waals surface area contributed by atoms with Crippen LogP contribution in [0, 0.1) is 13.8 Å². The third-order valence-electron chi connectivity index (χ3n) is 7.03. The Labute approximate surface area is 207 Å². The van der Waals surface area contributed by atoms with Crippen molar-refractivity contribution in [2.45, 2.75) is 47.1 Å². The number of allylic oxidation sites excluding steroid dienone is 6. The molecule has 3 aliphatic heterocycles. The quantitative estimate of drug-likeness (QED) is 0.669. The van der Waals surface area contributed by atoms with E-state index in [9.17, 15) is 4.79 Å². The average molecular weight is 471 g/mol. The van der Waals surface area contributed by atoms with E-state index < -0.39 is 0 Å². The number of carbonyl (C=O) groups excluding carboxylic acids is 1. The molecule has 2 aromatic heterocycles. The molecular weight excluding hydrogens is 436 g/mol. The largest absolute Gasteiger partial charge is 0.367 e. The predicted molar refractivity (Wildman–Crippen MR) is 139 cm³/mol. The first-order chi connectivity index (χ1) is 16.8. The Morgan fingerprint density at radius 2 is 1.97 bits per heavy atom. The van der Waals surface area contributed by atoms with Crippen LogP contribution in [0.4, 0.5) is 0 Å². The Bertz CT molecular complexity index is 1320. The maximum Gasteiger partial charge on any atom is 0.255 e. The monoisotopic (exact) mass is 470 g/mol. The van der Waals surface area contributed by atoms with Crippen molar-refractivity contribution in [1.82, 2.24) is 29.3 Å². The highest BCUT2D eigenvalue weighted by atomic mass is 16.2. The lowest BCUT2D eigenvalue weighted by Gasteiger charge is -2.42. The number of carbonyl (C=O) groups is 1. The van der Waals surface area contributed by atoms with Gasteiger partial charge in [0, 0.05) is 43.5 Å². The fraction of sp³-hybridized carbons (Fsp3) is 0.393. The van der Waals surface area contributed by atoms with Gasteiger partial charge in [-0.1, -0.05) is 19.1 Å². The SMILES string of the molecule is CCCN1CCN(C2=CN3C(=O)\C=C(c4cc5c(C)nc(C)cn5n4)/C=C/C=C/3C(C)=C2)C[C@H]1C. The molecule has 0 spiro atoms. The molecule has 0 unspecified atom stereocenters. The lowest BCUT2D eigenvalue weighted by atomic mass is 10.0. The number of nitrogens with zero attached hydrogens (tertiary/aromatic N) is 6. The molecule has 7 heteroatoms. The van der Waals surface area contributed by atoms with Crippen molar-refractivity contribution in [2.24, 2.45) is 0 Å². The molecule has 3 aliphatic rings. The Balaban J connectivity index is 1.45. The summed E-state index contributed by atoms with van der Waals surface area (Å²) in [6, 6.07) is 2.49. The molecule has 1 saturated heterocycles. The van der Waals surface area contributed by atoms with E-state index in [-0.39, 0.29) is 5.91 Å². The molecule has 0 aliphatic carbocycles. The third-order valence-corrected chi connectivity index (χ3v) is 7.03. The van der Waals surface area contributed by atoms with Crippen LogP contribution in [0.5, 0.6) is 0 Å². The smallest absolute Gasteiger partial charge is 0.255 e. The fourth-order valence-corrected chi connectivity index (χ4v) is 5.23. The van der Waals surface area contributed by atoms with Crippen LogP contribution in [0.2, 0.25) is 0 Å². The van der Waals surface area contributed by atoms with Crippen molar-refractivity contribution >= 4 is 17.0 Å². The summed E-state index contributed by atoms with van der Waals surface area (Å²) >= 11 is 0. The first kappa shape index (κ1) is 23.3. The van der Waals surface area contributed by atoms with Gasteiger partial charge in [-0.05, 0) is 64.5 Å². The van der Waals surface area contributed by atoms with Crippen LogP contribution in [0.1, 0.15) is 44.3 Å². The number of fused-ring (bicyclic) bond motifs is 2. The molecule has 2 aromatic rings. The summed E-state index contributed by atoms with van der Waals surface area (Å²) in [6.45, 7) is 14.7. The van der Waals surface area contributed by atoms with E-state index in [2.05, 4.69) is 41.6 Å². The highest BCUT2D eigenvalue weighted by Crippen LogP contribution is 2.30. The van der Waals surface area contributed by atoms with Crippen LogP contribution in [-0.2, 0) is 4.79 Å². The molecule has 5 rings (SSSR count). The summed E-state index contributed by atoms with van der Waals surface area (Å²) < 4.78 is 1.84. The van der Waals surface area contributed by atoms with E-state index in [0.717, 1.165) is 71.3 Å². The van der Waals surface area contributed by atoms with Crippen LogP contribution < -0.4 is 0 Å². The molecule has 1 atom stereocenters. The van der Waals surface area contributed by atoms with Crippen molar-refractivity contribution in [3.63, 3.8) is 0 Å². The summed E-state index contributed by atoms with van der Waals surface area (Å²) in [5.41, 5.74) is 7.42. The average Bonchev–Trinajstić information content (AvgIpc) is 3.23. The fourth-order valence-electron chi connectivity index (χ4n) is 5.23. The lowest BCUT2D eigenvalue weighted by molar-refractivity contribution is -0.122. The number of aryl methyl sites for hydroxylation is 2.